The van der Waals surface area contributed by atoms with Gasteiger partial charge in [-0.1, -0.05) is 49.4 Å². The van der Waals surface area contributed by atoms with Gasteiger partial charge in [-0.05, 0) is 31.0 Å². The number of hydrogen-bond donors (Lipinski definition) is 1. The van der Waals surface area contributed by atoms with E-state index in [-0.39, 0.29) is 37.3 Å². The third kappa shape index (κ3) is 5.18. The smallest absolute Gasteiger partial charge is 0.271 e. The number of sulfonamides is 1. The molecule has 1 amide bonds. The van der Waals surface area contributed by atoms with E-state index in [4.69, 9.17) is 4.74 Å². The number of para-hydroxylation sites is 1. The van der Waals surface area contributed by atoms with Crippen LogP contribution in [0.2, 0.25) is 0 Å². The molecule has 0 unspecified atom stereocenters. The first-order valence-corrected chi connectivity index (χ1v) is 14.3. The Labute approximate surface area is 219 Å². The third-order valence-corrected chi connectivity index (χ3v) is 9.33. The molecular formula is C28H37N3O5S. The quantitative estimate of drug-likeness (QED) is 0.530. The maximum Gasteiger partial charge on any atom is 0.271 e. The van der Waals surface area contributed by atoms with E-state index >= 15 is 0 Å². The number of amides is 1. The van der Waals surface area contributed by atoms with Crippen LogP contribution in [0.5, 0.6) is 0 Å². The van der Waals surface area contributed by atoms with Crippen molar-refractivity contribution < 1.29 is 23.1 Å². The normalized spacial score (nSPS) is 20.0. The summed E-state index contributed by atoms with van der Waals surface area (Å²) in [6.07, 6.45) is -0.460. The number of aliphatic hydroxyl groups is 1. The Morgan fingerprint density at radius 3 is 2.54 bits per heavy atom. The van der Waals surface area contributed by atoms with Gasteiger partial charge in [-0.2, -0.15) is 0 Å². The van der Waals surface area contributed by atoms with Gasteiger partial charge in [-0.25, -0.2) is 12.7 Å². The minimum absolute atomic E-state index is 0.00196. The molecule has 4 rings (SSSR count). The predicted molar refractivity (Wildman–Crippen MR) is 146 cm³/mol. The summed E-state index contributed by atoms with van der Waals surface area (Å²) in [4.78, 5) is 16.0. The lowest BCUT2D eigenvalue weighted by Crippen LogP contribution is -2.48. The number of nitrogens with zero attached hydrogens (tertiary/aromatic N) is 3. The average Bonchev–Trinajstić information content (AvgIpc) is 3.19. The molecule has 0 radical (unpaired) electrons. The third-order valence-electron chi connectivity index (χ3n) is 7.50. The summed E-state index contributed by atoms with van der Waals surface area (Å²) in [5.74, 6) is -0.370. The Balaban J connectivity index is 1.91. The number of fused-ring (bicyclic) bond motifs is 5. The van der Waals surface area contributed by atoms with Gasteiger partial charge in [0.25, 0.3) is 5.91 Å². The molecule has 1 aromatic heterocycles. The van der Waals surface area contributed by atoms with Crippen molar-refractivity contribution in [3.63, 3.8) is 0 Å². The van der Waals surface area contributed by atoms with Gasteiger partial charge in [0.2, 0.25) is 10.0 Å². The first-order chi connectivity index (χ1) is 17.6. The molecule has 9 heteroatoms. The highest BCUT2D eigenvalue weighted by Crippen LogP contribution is 2.38. The largest absolute Gasteiger partial charge is 0.394 e. The highest BCUT2D eigenvalue weighted by Gasteiger charge is 2.34. The monoisotopic (exact) mass is 527 g/mol. The minimum atomic E-state index is -3.41. The molecule has 8 nitrogen and oxygen atoms in total. The number of aromatic nitrogens is 1. The van der Waals surface area contributed by atoms with Gasteiger partial charge in [0.05, 0.1) is 31.1 Å². The van der Waals surface area contributed by atoms with Gasteiger partial charge in [-0.3, -0.25) is 4.79 Å². The zero-order valence-electron chi connectivity index (χ0n) is 22.2. The van der Waals surface area contributed by atoms with Crippen LogP contribution in [0.15, 0.2) is 48.5 Å². The maximum absolute atomic E-state index is 14.3. The molecule has 2 aromatic carbocycles. The molecular weight excluding hydrogens is 490 g/mol. The number of rotatable bonds is 6. The number of ether oxygens (including phenoxy) is 1. The van der Waals surface area contributed by atoms with Crippen LogP contribution in [-0.2, 0) is 28.4 Å². The Kier molecular flexibility index (Phi) is 8.08. The van der Waals surface area contributed by atoms with E-state index in [0.29, 0.717) is 12.2 Å². The highest BCUT2D eigenvalue weighted by molar-refractivity contribution is 7.89. The number of benzene rings is 2. The molecule has 0 bridgehead atoms. The summed E-state index contributed by atoms with van der Waals surface area (Å²) in [5, 5.41) is 11.0. The van der Waals surface area contributed by atoms with Crippen molar-refractivity contribution in [2.45, 2.75) is 39.5 Å². The predicted octanol–water partition coefficient (Wildman–Crippen LogP) is 3.48. The van der Waals surface area contributed by atoms with Gasteiger partial charge in [-0.15, -0.1) is 0 Å². The SMILES string of the molecule is CCS(=O)(=O)N(C)C[C@H]1OCc2ccccc2-c2c(n(C)c3ccccc23)C(=O)N([C@H](C)CO)C[C@H]1C. The molecule has 0 spiro atoms. The number of aliphatic hydroxyl groups excluding tert-OH is 1. The number of aryl methyl sites for hydroxylation is 1. The molecule has 3 aromatic rings. The van der Waals surface area contributed by atoms with Gasteiger partial charge in [0.15, 0.2) is 0 Å². The van der Waals surface area contributed by atoms with Crippen LogP contribution in [0.4, 0.5) is 0 Å². The molecule has 200 valence electrons. The van der Waals surface area contributed by atoms with E-state index in [1.54, 1.807) is 18.9 Å². The Bertz CT molecular complexity index is 1380. The average molecular weight is 528 g/mol. The fourth-order valence-corrected chi connectivity index (χ4v) is 5.93. The molecule has 37 heavy (non-hydrogen) atoms. The lowest BCUT2D eigenvalue weighted by atomic mass is 9.96. The van der Waals surface area contributed by atoms with Crippen LogP contribution in [0, 0.1) is 5.92 Å². The van der Waals surface area contributed by atoms with Gasteiger partial charge in [0, 0.05) is 49.6 Å². The van der Waals surface area contributed by atoms with Crippen molar-refractivity contribution in [3.05, 3.63) is 59.8 Å². The molecule has 0 aliphatic carbocycles. The van der Waals surface area contributed by atoms with Gasteiger partial charge < -0.3 is 19.3 Å². The van der Waals surface area contributed by atoms with Crippen LogP contribution in [0.3, 0.4) is 0 Å². The summed E-state index contributed by atoms with van der Waals surface area (Å²) in [5.41, 5.74) is 4.18. The van der Waals surface area contributed by atoms with E-state index in [1.165, 1.54) is 4.31 Å². The zero-order valence-corrected chi connectivity index (χ0v) is 23.0. The first-order valence-electron chi connectivity index (χ1n) is 12.7. The standard InChI is InChI=1S/C28H37N3O5S/c1-6-37(34,35)29(4)16-25-19(2)15-31(20(3)17-32)28(33)27-26(22-12-8-7-11-21(22)18-36-25)23-13-9-10-14-24(23)30(27)5/h7-14,19-20,25,32H,6,15-18H2,1-5H3/t19-,20-,25-/m1/s1. The summed E-state index contributed by atoms with van der Waals surface area (Å²) in [7, 11) is 0.0573. The highest BCUT2D eigenvalue weighted by atomic mass is 32.2. The zero-order chi connectivity index (χ0) is 26.9. The summed E-state index contributed by atoms with van der Waals surface area (Å²) < 4.78 is 34.8. The number of likely N-dealkylation sites (N-methyl/N-ethyl adjacent to an activating group) is 1. The number of carbonyl (C=O) groups is 1. The second kappa shape index (κ2) is 10.9. The van der Waals surface area contributed by atoms with Crippen LogP contribution in [-0.4, -0.2) is 77.8 Å². The first kappa shape index (κ1) is 27.3. The molecule has 1 N–H and O–H groups in total. The summed E-state index contributed by atoms with van der Waals surface area (Å²) in [6, 6.07) is 15.4. The van der Waals surface area contributed by atoms with E-state index < -0.39 is 22.2 Å². The lowest BCUT2D eigenvalue weighted by Gasteiger charge is -2.34. The van der Waals surface area contributed by atoms with E-state index in [9.17, 15) is 18.3 Å². The number of hydrogen-bond acceptors (Lipinski definition) is 5. The molecule has 0 fully saturated rings. The van der Waals surface area contributed by atoms with Crippen LogP contribution in [0.1, 0.15) is 36.8 Å². The van der Waals surface area contributed by atoms with Crippen molar-refractivity contribution >= 4 is 26.8 Å². The Hall–Kier alpha value is -2.72. The van der Waals surface area contributed by atoms with Crippen molar-refractivity contribution in [1.82, 2.24) is 13.8 Å². The fourth-order valence-electron chi connectivity index (χ4n) is 5.11. The molecule has 3 atom stereocenters. The van der Waals surface area contributed by atoms with Crippen LogP contribution in [0.25, 0.3) is 22.0 Å². The van der Waals surface area contributed by atoms with Crippen molar-refractivity contribution in [2.75, 3.05) is 32.5 Å². The molecule has 0 saturated carbocycles. The van der Waals surface area contributed by atoms with Crippen molar-refractivity contribution in [3.8, 4) is 11.1 Å². The Morgan fingerprint density at radius 2 is 1.84 bits per heavy atom. The topological polar surface area (TPSA) is 92.1 Å². The van der Waals surface area contributed by atoms with Crippen molar-refractivity contribution in [2.24, 2.45) is 13.0 Å². The molecule has 2 heterocycles. The Morgan fingerprint density at radius 1 is 1.16 bits per heavy atom. The minimum Gasteiger partial charge on any atom is -0.394 e. The van der Waals surface area contributed by atoms with E-state index in [0.717, 1.165) is 27.6 Å². The second-order valence-corrected chi connectivity index (χ2v) is 12.3. The van der Waals surface area contributed by atoms with E-state index in [2.05, 4.69) is 0 Å². The molecule has 0 saturated heterocycles. The summed E-state index contributed by atoms with van der Waals surface area (Å²) >= 11 is 0. The number of carbonyl (C=O) groups excluding carboxylic acids is 1. The van der Waals surface area contributed by atoms with Crippen LogP contribution >= 0.6 is 0 Å². The van der Waals surface area contributed by atoms with Crippen molar-refractivity contribution in [1.29, 1.82) is 0 Å². The van der Waals surface area contributed by atoms with Gasteiger partial charge in [0.1, 0.15) is 5.69 Å². The molecule has 1 aliphatic heterocycles. The fraction of sp³-hybridized carbons (Fsp3) is 0.464. The maximum atomic E-state index is 14.3. The van der Waals surface area contributed by atoms with Gasteiger partial charge >= 0.3 is 0 Å². The lowest BCUT2D eigenvalue weighted by molar-refractivity contribution is -0.0147. The van der Waals surface area contributed by atoms with E-state index in [1.807, 2.05) is 74.0 Å². The summed E-state index contributed by atoms with van der Waals surface area (Å²) in [6.45, 7) is 5.97. The second-order valence-electron chi connectivity index (χ2n) is 9.95. The molecule has 1 aliphatic rings. The van der Waals surface area contributed by atoms with Crippen LogP contribution < -0.4 is 0 Å².